The largest absolute Gasteiger partial charge is 0.439 e. The molecule has 4 aromatic carbocycles. The molecule has 0 saturated carbocycles. The van der Waals surface area contributed by atoms with Crippen molar-refractivity contribution >= 4 is 45.2 Å². The van der Waals surface area contributed by atoms with E-state index in [4.69, 9.17) is 17.7 Å². The monoisotopic (exact) mass is 860 g/mol. The molecule has 48 heavy (non-hydrogen) atoms. The van der Waals surface area contributed by atoms with Crippen LogP contribution >= 0.6 is 45.2 Å². The second kappa shape index (κ2) is 15.8. The highest BCUT2D eigenvalue weighted by molar-refractivity contribution is 14.1. The predicted molar refractivity (Wildman–Crippen MR) is 205 cm³/mol. The summed E-state index contributed by atoms with van der Waals surface area (Å²) in [5, 5.41) is 0. The molecule has 8 aromatic rings. The van der Waals surface area contributed by atoms with E-state index in [1.807, 2.05) is 121 Å². The van der Waals surface area contributed by atoms with E-state index in [1.54, 1.807) is 0 Å². The standard InChI is InChI=1S/C18H10I2N2O2.C18H12N2O2.2CH4/c19-17-21-13(11-7-3-1-4-8-11)15(23-17)16-14(22-18(20)24-16)12-9-5-2-6-10-12;1-3-7-13(8-4-1)15-17(21-11-19-15)18-16(20-12-22-18)14-9-5-2-6-10-14;;/h1-10H;1-12H;2*1H4. The second-order valence-corrected chi connectivity index (χ2v) is 11.7. The van der Waals surface area contributed by atoms with Crippen LogP contribution in [-0.2, 0) is 0 Å². The van der Waals surface area contributed by atoms with E-state index >= 15 is 0 Å². The highest BCUT2D eigenvalue weighted by Crippen LogP contribution is 2.40. The fourth-order valence-corrected chi connectivity index (χ4v) is 5.82. The molecular weight excluding hydrogens is 830 g/mol. The molecule has 0 unspecified atom stereocenters. The zero-order chi connectivity index (χ0) is 31.3. The second-order valence-electron chi connectivity index (χ2n) is 9.81. The quantitative estimate of drug-likeness (QED) is 0.152. The molecule has 240 valence electrons. The van der Waals surface area contributed by atoms with Crippen molar-refractivity contribution in [1.82, 2.24) is 19.9 Å². The summed E-state index contributed by atoms with van der Waals surface area (Å²) >= 11 is 4.14. The number of aromatic nitrogens is 4. The van der Waals surface area contributed by atoms with Crippen LogP contribution in [0.3, 0.4) is 0 Å². The molecule has 8 nitrogen and oxygen atoms in total. The Morgan fingerprint density at radius 3 is 0.979 bits per heavy atom. The van der Waals surface area contributed by atoms with Crippen molar-refractivity contribution < 1.29 is 17.7 Å². The molecule has 10 heteroatoms. The van der Waals surface area contributed by atoms with E-state index in [2.05, 4.69) is 65.1 Å². The molecule has 4 aromatic heterocycles. The minimum absolute atomic E-state index is 0. The Bertz CT molecular complexity index is 2020. The molecule has 0 spiro atoms. The van der Waals surface area contributed by atoms with Crippen molar-refractivity contribution in [2.45, 2.75) is 14.9 Å². The average molecular weight is 860 g/mol. The highest BCUT2D eigenvalue weighted by atomic mass is 127. The Balaban J connectivity index is 0.000000181. The first-order chi connectivity index (χ1) is 22.7. The summed E-state index contributed by atoms with van der Waals surface area (Å²) in [4.78, 5) is 17.7. The minimum atomic E-state index is 0. The molecule has 0 aliphatic carbocycles. The van der Waals surface area contributed by atoms with Gasteiger partial charge < -0.3 is 17.7 Å². The molecule has 0 aliphatic rings. The van der Waals surface area contributed by atoms with Crippen LogP contribution in [0, 0.1) is 7.79 Å². The first-order valence-corrected chi connectivity index (χ1v) is 16.2. The molecule has 0 aliphatic heterocycles. The van der Waals surface area contributed by atoms with Gasteiger partial charge in [0.25, 0.3) is 7.79 Å². The molecule has 0 saturated heterocycles. The van der Waals surface area contributed by atoms with Gasteiger partial charge in [-0.2, -0.15) is 0 Å². The van der Waals surface area contributed by atoms with E-state index < -0.39 is 0 Å². The van der Waals surface area contributed by atoms with Crippen LogP contribution in [0.4, 0.5) is 0 Å². The lowest BCUT2D eigenvalue weighted by Crippen LogP contribution is -1.84. The average Bonchev–Trinajstić information content (AvgIpc) is 3.93. The Kier molecular flexibility index (Phi) is 11.4. The lowest BCUT2D eigenvalue weighted by Gasteiger charge is -2.01. The third-order valence-corrected chi connectivity index (χ3v) is 7.86. The van der Waals surface area contributed by atoms with E-state index in [0.29, 0.717) is 30.8 Å². The van der Waals surface area contributed by atoms with Crippen molar-refractivity contribution in [3.8, 4) is 68.1 Å². The number of oxazole rings is 4. The van der Waals surface area contributed by atoms with Crippen molar-refractivity contribution in [3.63, 3.8) is 0 Å². The Morgan fingerprint density at radius 1 is 0.375 bits per heavy atom. The van der Waals surface area contributed by atoms with Gasteiger partial charge in [-0.3, -0.25) is 0 Å². The molecule has 0 amide bonds. The van der Waals surface area contributed by atoms with Gasteiger partial charge in [-0.05, 0) is 0 Å². The Hall–Kier alpha value is -4.82. The normalized spacial score (nSPS) is 10.4. The first kappa shape index (κ1) is 34.5. The fraction of sp³-hybridized carbons (Fsp3) is 0.0526. The molecule has 0 fully saturated rings. The summed E-state index contributed by atoms with van der Waals surface area (Å²) in [7, 11) is 0. The van der Waals surface area contributed by atoms with E-state index in [9.17, 15) is 0 Å². The van der Waals surface area contributed by atoms with Gasteiger partial charge >= 0.3 is 0 Å². The summed E-state index contributed by atoms with van der Waals surface area (Å²) in [6.07, 6.45) is 2.85. The molecule has 0 bridgehead atoms. The molecule has 0 radical (unpaired) electrons. The number of hydrogen-bond donors (Lipinski definition) is 0. The zero-order valence-electron chi connectivity index (χ0n) is 23.9. The topological polar surface area (TPSA) is 104 Å². The summed E-state index contributed by atoms with van der Waals surface area (Å²) < 4.78 is 24.0. The molecule has 0 N–H and O–H groups in total. The van der Waals surface area contributed by atoms with Crippen LogP contribution in [0.15, 0.2) is 152 Å². The number of halogens is 2. The van der Waals surface area contributed by atoms with Gasteiger partial charge in [-0.1, -0.05) is 136 Å². The van der Waals surface area contributed by atoms with Crippen LogP contribution in [0.25, 0.3) is 68.1 Å². The number of benzene rings is 4. The summed E-state index contributed by atoms with van der Waals surface area (Å²) in [6, 6.07) is 39.6. The third kappa shape index (κ3) is 7.34. The highest BCUT2D eigenvalue weighted by Gasteiger charge is 2.25. The summed E-state index contributed by atoms with van der Waals surface area (Å²) in [6.45, 7) is 0. The van der Waals surface area contributed by atoms with Gasteiger partial charge in [0.1, 0.15) is 22.8 Å². The molecular formula is C38H30I2N4O4. The summed E-state index contributed by atoms with van der Waals surface area (Å²) in [5.41, 5.74) is 6.90. The van der Waals surface area contributed by atoms with Crippen molar-refractivity contribution in [3.05, 3.63) is 142 Å². The van der Waals surface area contributed by atoms with Gasteiger partial charge in [0.2, 0.25) is 11.5 Å². The maximum Gasteiger partial charge on any atom is 0.258 e. The van der Waals surface area contributed by atoms with Crippen molar-refractivity contribution in [2.24, 2.45) is 0 Å². The van der Waals surface area contributed by atoms with Crippen molar-refractivity contribution in [1.29, 1.82) is 0 Å². The number of nitrogens with zero attached hydrogens (tertiary/aromatic N) is 4. The van der Waals surface area contributed by atoms with Crippen LogP contribution in [-0.4, -0.2) is 19.9 Å². The SMILES string of the molecule is C.C.Ic1nc(-c2ccccc2)c(-c2oc(I)nc2-c2ccccc2)o1.c1ccc(-c2ncoc2-c2ocnc2-c2ccccc2)cc1. The third-order valence-electron chi connectivity index (χ3n) is 6.94. The Morgan fingerprint density at radius 2 is 0.667 bits per heavy atom. The number of rotatable bonds is 6. The van der Waals surface area contributed by atoms with Crippen molar-refractivity contribution in [2.75, 3.05) is 0 Å². The van der Waals surface area contributed by atoms with Gasteiger partial charge in [-0.15, -0.1) is 0 Å². The predicted octanol–water partition coefficient (Wildman–Crippen LogP) is 11.8. The maximum atomic E-state index is 5.87. The van der Waals surface area contributed by atoms with Crippen LogP contribution in [0.5, 0.6) is 0 Å². The number of hydrogen-bond acceptors (Lipinski definition) is 8. The fourth-order valence-electron chi connectivity index (χ4n) is 4.90. The Labute approximate surface area is 305 Å². The van der Waals surface area contributed by atoms with Crippen LogP contribution in [0.2, 0.25) is 0 Å². The molecule has 8 rings (SSSR count). The van der Waals surface area contributed by atoms with Crippen LogP contribution in [0.1, 0.15) is 14.9 Å². The van der Waals surface area contributed by atoms with Crippen LogP contribution < -0.4 is 0 Å². The summed E-state index contributed by atoms with van der Waals surface area (Å²) in [5.74, 6) is 2.37. The molecule has 0 atom stereocenters. The minimum Gasteiger partial charge on any atom is -0.439 e. The lowest BCUT2D eigenvalue weighted by molar-refractivity contribution is 0.488. The first-order valence-electron chi connectivity index (χ1n) is 14.1. The lowest BCUT2D eigenvalue weighted by atomic mass is 10.1. The van der Waals surface area contributed by atoms with Gasteiger partial charge in [0.15, 0.2) is 24.3 Å². The maximum absolute atomic E-state index is 5.87. The van der Waals surface area contributed by atoms with Gasteiger partial charge in [0, 0.05) is 67.4 Å². The van der Waals surface area contributed by atoms with E-state index in [-0.39, 0.29) is 14.9 Å². The molecule has 4 heterocycles. The van der Waals surface area contributed by atoms with Gasteiger partial charge in [0.05, 0.1) is 0 Å². The zero-order valence-corrected chi connectivity index (χ0v) is 28.2. The van der Waals surface area contributed by atoms with Gasteiger partial charge in [-0.25, -0.2) is 19.9 Å². The van der Waals surface area contributed by atoms with E-state index in [1.165, 1.54) is 12.8 Å². The van der Waals surface area contributed by atoms with E-state index in [0.717, 1.165) is 45.0 Å². The smallest absolute Gasteiger partial charge is 0.258 e.